The minimum Gasteiger partial charge on any atom is -0.383 e. The Morgan fingerprint density at radius 3 is 2.81 bits per heavy atom. The average molecular weight is 229 g/mol. The van der Waals surface area contributed by atoms with Crippen LogP contribution in [0.2, 0.25) is 0 Å². The van der Waals surface area contributed by atoms with Gasteiger partial charge in [0, 0.05) is 7.11 Å². The number of aliphatic hydroxyl groups is 1. The topological polar surface area (TPSA) is 94.4 Å². The van der Waals surface area contributed by atoms with Gasteiger partial charge in [-0.3, -0.25) is 0 Å². The van der Waals surface area contributed by atoms with Crippen molar-refractivity contribution in [3.8, 4) is 0 Å². The third-order valence-corrected chi connectivity index (χ3v) is 2.77. The van der Waals surface area contributed by atoms with Crippen LogP contribution in [-0.2, 0) is 10.3 Å². The first-order chi connectivity index (χ1) is 7.57. The van der Waals surface area contributed by atoms with E-state index < -0.39 is 11.7 Å². The maximum Gasteiger partial charge on any atom is 0.255 e. The van der Waals surface area contributed by atoms with Gasteiger partial charge >= 0.3 is 0 Å². The Morgan fingerprint density at radius 1 is 1.62 bits per heavy atom. The van der Waals surface area contributed by atoms with Crippen LogP contribution in [0.4, 0.5) is 0 Å². The number of aliphatic hydroxyl groups excluding tert-OH is 1. The summed E-state index contributed by atoms with van der Waals surface area (Å²) >= 11 is 0. The molecule has 0 amide bonds. The van der Waals surface area contributed by atoms with E-state index in [4.69, 9.17) is 15.0 Å². The summed E-state index contributed by atoms with van der Waals surface area (Å²) in [7, 11) is 1.59. The van der Waals surface area contributed by atoms with E-state index in [9.17, 15) is 5.11 Å². The lowest BCUT2D eigenvalue weighted by Crippen LogP contribution is -2.25. The molecule has 0 aromatic carbocycles. The van der Waals surface area contributed by atoms with Crippen LogP contribution in [-0.4, -0.2) is 28.9 Å². The molecule has 2 atom stereocenters. The molecule has 0 saturated heterocycles. The van der Waals surface area contributed by atoms with Crippen molar-refractivity contribution in [1.29, 1.82) is 0 Å². The number of hydrogen-bond donors (Lipinski definition) is 2. The molecule has 16 heavy (non-hydrogen) atoms. The molecule has 1 heterocycles. The average Bonchev–Trinajstić information content (AvgIpc) is 2.78. The molecule has 1 aromatic rings. The van der Waals surface area contributed by atoms with Crippen LogP contribution < -0.4 is 5.73 Å². The van der Waals surface area contributed by atoms with Gasteiger partial charge in [0.25, 0.3) is 5.89 Å². The van der Waals surface area contributed by atoms with Crippen molar-refractivity contribution in [2.75, 3.05) is 13.7 Å². The zero-order valence-corrected chi connectivity index (χ0v) is 9.93. The molecule has 3 N–H and O–H groups in total. The van der Waals surface area contributed by atoms with Gasteiger partial charge in [-0.2, -0.15) is 4.98 Å². The first kappa shape index (κ1) is 13.1. The predicted octanol–water partition coefficient (Wildman–Crippen LogP) is 0.723. The summed E-state index contributed by atoms with van der Waals surface area (Å²) in [5.74, 6) is 0.640. The Balaban J connectivity index is 2.85. The van der Waals surface area contributed by atoms with Gasteiger partial charge in [-0.05, 0) is 26.3 Å². The number of aromatic nitrogens is 2. The van der Waals surface area contributed by atoms with Crippen molar-refractivity contribution < 1.29 is 14.4 Å². The lowest BCUT2D eigenvalue weighted by atomic mass is 10.0. The summed E-state index contributed by atoms with van der Waals surface area (Å²) in [5, 5.41) is 13.4. The van der Waals surface area contributed by atoms with Crippen molar-refractivity contribution in [3.63, 3.8) is 0 Å². The first-order valence-corrected chi connectivity index (χ1v) is 5.34. The highest BCUT2D eigenvalue weighted by molar-refractivity contribution is 5.00. The Bertz CT molecular complexity index is 323. The third kappa shape index (κ3) is 2.58. The van der Waals surface area contributed by atoms with Gasteiger partial charge < -0.3 is 20.1 Å². The van der Waals surface area contributed by atoms with Crippen molar-refractivity contribution in [2.24, 2.45) is 5.73 Å². The van der Waals surface area contributed by atoms with E-state index in [2.05, 4.69) is 10.1 Å². The van der Waals surface area contributed by atoms with Crippen LogP contribution in [0, 0.1) is 0 Å². The molecule has 2 unspecified atom stereocenters. The summed E-state index contributed by atoms with van der Waals surface area (Å²) < 4.78 is 10.3. The van der Waals surface area contributed by atoms with E-state index in [1.54, 1.807) is 7.11 Å². The maximum atomic E-state index is 9.63. The molecule has 0 spiro atoms. The van der Waals surface area contributed by atoms with Crippen LogP contribution >= 0.6 is 0 Å². The van der Waals surface area contributed by atoms with Crippen molar-refractivity contribution in [2.45, 2.75) is 38.4 Å². The fourth-order valence-electron chi connectivity index (χ4n) is 1.26. The highest BCUT2D eigenvalue weighted by Gasteiger charge is 2.31. The normalized spacial score (nSPS) is 17.1. The zero-order valence-electron chi connectivity index (χ0n) is 9.93. The quantitative estimate of drug-likeness (QED) is 0.746. The number of nitrogens with zero attached hydrogens (tertiary/aromatic N) is 2. The van der Waals surface area contributed by atoms with E-state index >= 15 is 0 Å². The Labute approximate surface area is 94.8 Å². The summed E-state index contributed by atoms with van der Waals surface area (Å²) in [5.41, 5.74) is 4.76. The van der Waals surface area contributed by atoms with E-state index in [1.807, 2.05) is 13.8 Å². The minimum absolute atomic E-state index is 0.192. The second-order valence-corrected chi connectivity index (χ2v) is 3.84. The maximum absolute atomic E-state index is 9.63. The number of rotatable bonds is 6. The van der Waals surface area contributed by atoms with Crippen LogP contribution in [0.15, 0.2) is 4.52 Å². The van der Waals surface area contributed by atoms with Gasteiger partial charge in [0.15, 0.2) is 0 Å². The van der Waals surface area contributed by atoms with E-state index in [0.717, 1.165) is 6.42 Å². The Morgan fingerprint density at radius 2 is 2.31 bits per heavy atom. The summed E-state index contributed by atoms with van der Waals surface area (Å²) in [6.07, 6.45) is 0.316. The summed E-state index contributed by atoms with van der Waals surface area (Å²) in [4.78, 5) is 4.13. The van der Waals surface area contributed by atoms with Crippen molar-refractivity contribution in [1.82, 2.24) is 10.1 Å². The standard InChI is InChI=1S/C10H19N3O3/c1-4-10(2,15-3)9-12-8(16-13-9)7(14)5-6-11/h7,14H,4-6,11H2,1-3H3. The highest BCUT2D eigenvalue weighted by atomic mass is 16.5. The monoisotopic (exact) mass is 229 g/mol. The second-order valence-electron chi connectivity index (χ2n) is 3.84. The molecule has 92 valence electrons. The molecule has 0 fully saturated rings. The zero-order chi connectivity index (χ0) is 12.2. The molecule has 0 aliphatic heterocycles. The molecule has 1 aromatic heterocycles. The molecule has 0 aliphatic carbocycles. The lowest BCUT2D eigenvalue weighted by Gasteiger charge is -2.21. The molecule has 0 bridgehead atoms. The SMILES string of the molecule is CCC(C)(OC)c1noc(C(O)CCN)n1. The molecule has 0 radical (unpaired) electrons. The molecular weight excluding hydrogens is 210 g/mol. The summed E-state index contributed by atoms with van der Waals surface area (Å²) in [6.45, 7) is 4.21. The van der Waals surface area contributed by atoms with E-state index in [-0.39, 0.29) is 5.89 Å². The molecule has 0 aliphatic rings. The van der Waals surface area contributed by atoms with Gasteiger partial charge in [0.05, 0.1) is 0 Å². The fourth-order valence-corrected chi connectivity index (χ4v) is 1.26. The number of nitrogens with two attached hydrogens (primary N) is 1. The van der Waals surface area contributed by atoms with Crippen LogP contribution in [0.1, 0.15) is 44.5 Å². The summed E-state index contributed by atoms with van der Waals surface area (Å²) in [6, 6.07) is 0. The highest BCUT2D eigenvalue weighted by Crippen LogP contribution is 2.26. The van der Waals surface area contributed by atoms with E-state index in [1.165, 1.54) is 0 Å². The second kappa shape index (κ2) is 5.38. The van der Waals surface area contributed by atoms with Gasteiger partial charge in [-0.25, -0.2) is 0 Å². The van der Waals surface area contributed by atoms with Crippen molar-refractivity contribution >= 4 is 0 Å². The third-order valence-electron chi connectivity index (χ3n) is 2.77. The largest absolute Gasteiger partial charge is 0.383 e. The number of hydrogen-bond acceptors (Lipinski definition) is 6. The number of ether oxygens (including phenoxy) is 1. The molecule has 1 rings (SSSR count). The Kier molecular flexibility index (Phi) is 4.40. The molecule has 6 nitrogen and oxygen atoms in total. The molecule has 6 heteroatoms. The van der Waals surface area contributed by atoms with Gasteiger partial charge in [-0.1, -0.05) is 12.1 Å². The van der Waals surface area contributed by atoms with E-state index in [0.29, 0.717) is 18.8 Å². The smallest absolute Gasteiger partial charge is 0.255 e. The van der Waals surface area contributed by atoms with Crippen LogP contribution in [0.5, 0.6) is 0 Å². The predicted molar refractivity (Wildman–Crippen MR) is 57.6 cm³/mol. The lowest BCUT2D eigenvalue weighted by molar-refractivity contribution is -0.0106. The first-order valence-electron chi connectivity index (χ1n) is 5.34. The Hall–Kier alpha value is -0.980. The minimum atomic E-state index is -0.802. The fraction of sp³-hybridized carbons (Fsp3) is 0.800. The van der Waals surface area contributed by atoms with Crippen LogP contribution in [0.25, 0.3) is 0 Å². The van der Waals surface area contributed by atoms with Gasteiger partial charge in [-0.15, -0.1) is 0 Å². The van der Waals surface area contributed by atoms with Crippen LogP contribution in [0.3, 0.4) is 0 Å². The number of methoxy groups -OCH3 is 1. The van der Waals surface area contributed by atoms with Gasteiger partial charge in [0.2, 0.25) is 5.82 Å². The molecule has 0 saturated carbocycles. The molecular formula is C10H19N3O3. The van der Waals surface area contributed by atoms with Gasteiger partial charge in [0.1, 0.15) is 11.7 Å². The van der Waals surface area contributed by atoms with Crippen molar-refractivity contribution in [3.05, 3.63) is 11.7 Å².